The van der Waals surface area contributed by atoms with E-state index in [1.54, 1.807) is 0 Å². The minimum absolute atomic E-state index is 0. The van der Waals surface area contributed by atoms with E-state index in [1.807, 2.05) is 0 Å². The molecule has 8 heavy (non-hydrogen) atoms. The summed E-state index contributed by atoms with van der Waals surface area (Å²) in [7, 11) is 0. The van der Waals surface area contributed by atoms with Crippen LogP contribution in [0.3, 0.4) is 0 Å². The van der Waals surface area contributed by atoms with Crippen molar-refractivity contribution in [2.75, 3.05) is 5.75 Å². The third kappa shape index (κ3) is 5.23. The number of nitrogens with one attached hydrogen (secondary N) is 1. The Bertz CT molecular complexity index is 78.4. The number of thiol groups is 1. The van der Waals surface area contributed by atoms with Crippen molar-refractivity contribution in [1.82, 2.24) is 0 Å². The maximum Gasteiger partial charge on any atom is 0.113 e. The molecule has 0 heterocycles. The number of ketones is 1. The molecule has 1 atom stereocenters. The van der Waals surface area contributed by atoms with Crippen LogP contribution in [0.25, 0.3) is 5.73 Å². The standard InChI is InChI=1S/C4H8NOS.Y/c1-3(6)4(5)2-7;/h4-5,7H,2H2,1H3;/q-1;. The fourth-order valence-corrected chi connectivity index (χ4v) is 0.386. The second-order valence-electron chi connectivity index (χ2n) is 1.35. The van der Waals surface area contributed by atoms with Gasteiger partial charge in [0.05, 0.1) is 0 Å². The number of rotatable bonds is 2. The molecule has 0 rings (SSSR count). The molecule has 0 aliphatic rings. The van der Waals surface area contributed by atoms with Crippen LogP contribution in [0, 0.1) is 0 Å². The number of carbonyl (C=O) groups excluding carboxylic acids is 1. The average Bonchev–Trinajstić information content (AvgIpc) is 1.65. The number of Topliss-reactive ketones (excluding diaryl/α,β-unsaturated/α-hetero) is 1. The van der Waals surface area contributed by atoms with E-state index in [0.717, 1.165) is 0 Å². The van der Waals surface area contributed by atoms with Crippen LogP contribution in [0.15, 0.2) is 0 Å². The van der Waals surface area contributed by atoms with Gasteiger partial charge in [-0.2, -0.15) is 12.6 Å². The van der Waals surface area contributed by atoms with E-state index < -0.39 is 6.04 Å². The molecule has 0 aromatic rings. The van der Waals surface area contributed by atoms with Gasteiger partial charge in [-0.3, -0.25) is 0 Å². The van der Waals surface area contributed by atoms with Crippen molar-refractivity contribution >= 4 is 18.4 Å². The number of hydrogen-bond donors (Lipinski definition) is 1. The number of carbonyl (C=O) groups is 1. The second kappa shape index (κ2) is 6.21. The van der Waals surface area contributed by atoms with Crippen molar-refractivity contribution in [3.05, 3.63) is 5.73 Å². The Morgan fingerprint density at radius 3 is 2.25 bits per heavy atom. The molecule has 0 saturated heterocycles. The summed E-state index contributed by atoms with van der Waals surface area (Å²) in [4.78, 5) is 10.1. The monoisotopic (exact) mass is 207 g/mol. The fraction of sp³-hybridized carbons (Fsp3) is 0.750. The van der Waals surface area contributed by atoms with E-state index in [9.17, 15) is 4.79 Å². The first kappa shape index (κ1) is 11.8. The van der Waals surface area contributed by atoms with Crippen molar-refractivity contribution < 1.29 is 37.5 Å². The molecule has 1 unspecified atom stereocenters. The summed E-state index contributed by atoms with van der Waals surface area (Å²) in [5.41, 5.74) is 6.85. The topological polar surface area (TPSA) is 40.9 Å². The van der Waals surface area contributed by atoms with Gasteiger partial charge in [-0.25, -0.2) is 0 Å². The van der Waals surface area contributed by atoms with Crippen LogP contribution in [0.2, 0.25) is 0 Å². The zero-order valence-corrected chi connectivity index (χ0v) is 8.45. The summed E-state index contributed by atoms with van der Waals surface area (Å²) in [6.07, 6.45) is 0. The van der Waals surface area contributed by atoms with Crippen LogP contribution in [-0.2, 0) is 37.5 Å². The maximum absolute atomic E-state index is 10.1. The Morgan fingerprint density at radius 1 is 1.88 bits per heavy atom. The summed E-state index contributed by atoms with van der Waals surface area (Å²) >= 11 is 3.75. The van der Waals surface area contributed by atoms with Gasteiger partial charge >= 0.3 is 0 Å². The first-order valence-electron chi connectivity index (χ1n) is 2.01. The number of hydrogen-bond acceptors (Lipinski definition) is 2. The molecule has 45 valence electrons. The molecule has 1 radical (unpaired) electrons. The molecule has 0 aliphatic heterocycles. The first-order valence-corrected chi connectivity index (χ1v) is 2.64. The molecule has 0 saturated carbocycles. The molecule has 1 N–H and O–H groups in total. The van der Waals surface area contributed by atoms with Gasteiger partial charge < -0.3 is 10.5 Å². The van der Waals surface area contributed by atoms with Gasteiger partial charge in [-0.15, -0.1) is 0 Å². The third-order valence-corrected chi connectivity index (χ3v) is 1.04. The smallest absolute Gasteiger partial charge is 0.113 e. The predicted molar refractivity (Wildman–Crippen MR) is 32.6 cm³/mol. The molecular formula is C4H8NOSY-. The van der Waals surface area contributed by atoms with Crippen LogP contribution in [0.1, 0.15) is 6.92 Å². The van der Waals surface area contributed by atoms with E-state index in [4.69, 9.17) is 5.73 Å². The normalized spacial score (nSPS) is 11.9. The van der Waals surface area contributed by atoms with Gasteiger partial charge in [0.25, 0.3) is 0 Å². The Balaban J connectivity index is 0. The van der Waals surface area contributed by atoms with Gasteiger partial charge in [-0.05, 0) is 12.7 Å². The van der Waals surface area contributed by atoms with Crippen LogP contribution in [0.5, 0.6) is 0 Å². The Morgan fingerprint density at radius 2 is 2.25 bits per heavy atom. The molecule has 0 aromatic carbocycles. The van der Waals surface area contributed by atoms with Gasteiger partial charge in [-0.1, -0.05) is 6.04 Å². The zero-order valence-electron chi connectivity index (χ0n) is 4.72. The fourth-order valence-electron chi connectivity index (χ4n) is 0.129. The molecule has 2 nitrogen and oxygen atoms in total. The van der Waals surface area contributed by atoms with Gasteiger partial charge in [0.15, 0.2) is 0 Å². The Hall–Kier alpha value is 1.08. The van der Waals surface area contributed by atoms with E-state index >= 15 is 0 Å². The van der Waals surface area contributed by atoms with E-state index in [-0.39, 0.29) is 38.5 Å². The molecule has 0 bridgehead atoms. The van der Waals surface area contributed by atoms with E-state index in [0.29, 0.717) is 5.75 Å². The maximum atomic E-state index is 10.1. The zero-order chi connectivity index (χ0) is 5.86. The average molecular weight is 207 g/mol. The van der Waals surface area contributed by atoms with Crippen molar-refractivity contribution in [1.29, 1.82) is 0 Å². The van der Waals surface area contributed by atoms with Crippen molar-refractivity contribution in [3.63, 3.8) is 0 Å². The summed E-state index contributed by atoms with van der Waals surface area (Å²) in [5.74, 6) is 0.213. The molecule has 0 fully saturated rings. The quantitative estimate of drug-likeness (QED) is 0.672. The second-order valence-corrected chi connectivity index (χ2v) is 1.71. The summed E-state index contributed by atoms with van der Waals surface area (Å²) < 4.78 is 0. The summed E-state index contributed by atoms with van der Waals surface area (Å²) in [5, 5.41) is 0. The first-order chi connectivity index (χ1) is 3.18. The van der Waals surface area contributed by atoms with Gasteiger partial charge in [0, 0.05) is 32.7 Å². The largest absolute Gasteiger partial charge is 0.668 e. The van der Waals surface area contributed by atoms with Gasteiger partial charge in [0.1, 0.15) is 5.78 Å². The van der Waals surface area contributed by atoms with E-state index in [2.05, 4.69) is 12.6 Å². The Labute approximate surface area is 79.9 Å². The molecule has 4 heteroatoms. The van der Waals surface area contributed by atoms with Crippen LogP contribution >= 0.6 is 12.6 Å². The minimum Gasteiger partial charge on any atom is -0.668 e. The van der Waals surface area contributed by atoms with Crippen LogP contribution < -0.4 is 0 Å². The van der Waals surface area contributed by atoms with Crippen molar-refractivity contribution in [2.45, 2.75) is 13.0 Å². The minimum atomic E-state index is -0.622. The molecule has 0 aromatic heterocycles. The van der Waals surface area contributed by atoms with Crippen molar-refractivity contribution in [3.8, 4) is 0 Å². The van der Waals surface area contributed by atoms with Crippen molar-refractivity contribution in [2.24, 2.45) is 0 Å². The third-order valence-electron chi connectivity index (χ3n) is 0.673. The van der Waals surface area contributed by atoms with Gasteiger partial charge in [0.2, 0.25) is 0 Å². The molecule has 0 amide bonds. The Kier molecular flexibility index (Phi) is 9.18. The molecule has 0 spiro atoms. The predicted octanol–water partition coefficient (Wildman–Crippen LogP) is 0.923. The molecular weight excluding hydrogens is 199 g/mol. The van der Waals surface area contributed by atoms with Crippen LogP contribution in [0.4, 0.5) is 0 Å². The van der Waals surface area contributed by atoms with Crippen LogP contribution in [-0.4, -0.2) is 17.6 Å². The summed E-state index contributed by atoms with van der Waals surface area (Å²) in [6.45, 7) is 1.40. The SMILES string of the molecule is CC(=O)C([NH-])CS.[Y]. The molecule has 0 aliphatic carbocycles. The summed E-state index contributed by atoms with van der Waals surface area (Å²) in [6, 6.07) is -0.622. The van der Waals surface area contributed by atoms with E-state index in [1.165, 1.54) is 6.92 Å².